The molecule has 1 aromatic rings. The van der Waals surface area contributed by atoms with Crippen LogP contribution in [0.3, 0.4) is 0 Å². The number of nitrogens with zero attached hydrogens (tertiary/aromatic N) is 1. The first-order chi connectivity index (χ1) is 11.8. The van der Waals surface area contributed by atoms with Gasteiger partial charge in [0.05, 0.1) is 19.3 Å². The van der Waals surface area contributed by atoms with Gasteiger partial charge < -0.3 is 20.1 Å². The summed E-state index contributed by atoms with van der Waals surface area (Å²) in [7, 11) is 0. The number of morpholine rings is 1. The van der Waals surface area contributed by atoms with Crippen LogP contribution in [0.4, 0.5) is 4.39 Å². The van der Waals surface area contributed by atoms with Gasteiger partial charge in [-0.3, -0.25) is 4.79 Å². The van der Waals surface area contributed by atoms with Crippen molar-refractivity contribution in [2.24, 2.45) is 11.1 Å². The van der Waals surface area contributed by atoms with Gasteiger partial charge in [-0.25, -0.2) is 4.39 Å². The highest BCUT2D eigenvalue weighted by molar-refractivity contribution is 5.89. The minimum atomic E-state index is -0.919. The van der Waals surface area contributed by atoms with E-state index < -0.39 is 11.0 Å². The standard InChI is InChI=1S/C19H27FN2O3/c1-4-24-16-11-19(21,18(16,2)3)17(23)22-9-10-25-15(12-22)13-5-7-14(20)8-6-13/h5-8,15-16H,4,9-12,21H2,1-3H3. The van der Waals surface area contributed by atoms with Crippen LogP contribution in [0, 0.1) is 11.2 Å². The third kappa shape index (κ3) is 3.07. The van der Waals surface area contributed by atoms with Crippen molar-refractivity contribution < 1.29 is 18.7 Å². The van der Waals surface area contributed by atoms with Crippen LogP contribution >= 0.6 is 0 Å². The summed E-state index contributed by atoms with van der Waals surface area (Å²) in [5.74, 6) is -0.338. The SMILES string of the molecule is CCOC1CC(N)(C(=O)N2CCOC(c3ccc(F)cc3)C2)C1(C)C. The van der Waals surface area contributed by atoms with Crippen LogP contribution in [0.1, 0.15) is 38.9 Å². The van der Waals surface area contributed by atoms with Gasteiger partial charge in [0.25, 0.3) is 0 Å². The van der Waals surface area contributed by atoms with Crippen LogP contribution < -0.4 is 5.73 Å². The second kappa shape index (κ2) is 6.67. The minimum Gasteiger partial charge on any atom is -0.378 e. The maximum absolute atomic E-state index is 13.1. The van der Waals surface area contributed by atoms with Gasteiger partial charge in [-0.15, -0.1) is 0 Å². The summed E-state index contributed by atoms with van der Waals surface area (Å²) in [6.07, 6.45) is 0.277. The lowest BCUT2D eigenvalue weighted by Gasteiger charge is -2.59. The fourth-order valence-electron chi connectivity index (χ4n) is 3.79. The van der Waals surface area contributed by atoms with E-state index in [1.807, 2.05) is 20.8 Å². The molecular formula is C19H27FN2O3. The normalized spacial score (nSPS) is 31.5. The van der Waals surface area contributed by atoms with Crippen molar-refractivity contribution in [2.45, 2.75) is 44.9 Å². The van der Waals surface area contributed by atoms with Gasteiger partial charge in [0.1, 0.15) is 17.5 Å². The molecule has 1 aliphatic heterocycles. The summed E-state index contributed by atoms with van der Waals surface area (Å²) >= 11 is 0. The summed E-state index contributed by atoms with van der Waals surface area (Å²) in [6.45, 7) is 7.94. The number of nitrogens with two attached hydrogens (primary N) is 1. The van der Waals surface area contributed by atoms with E-state index in [9.17, 15) is 9.18 Å². The zero-order valence-electron chi connectivity index (χ0n) is 15.1. The lowest BCUT2D eigenvalue weighted by atomic mass is 9.54. The lowest BCUT2D eigenvalue weighted by Crippen LogP contribution is -2.76. The third-order valence-electron chi connectivity index (χ3n) is 5.81. The first-order valence-corrected chi connectivity index (χ1v) is 8.86. The maximum atomic E-state index is 13.1. The number of hydrogen-bond donors (Lipinski definition) is 1. The van der Waals surface area contributed by atoms with Crippen LogP contribution in [0.5, 0.6) is 0 Å². The molecule has 0 radical (unpaired) electrons. The average Bonchev–Trinajstić information content (AvgIpc) is 2.61. The van der Waals surface area contributed by atoms with E-state index in [2.05, 4.69) is 0 Å². The first-order valence-electron chi connectivity index (χ1n) is 8.86. The zero-order valence-corrected chi connectivity index (χ0v) is 15.1. The molecule has 5 nitrogen and oxygen atoms in total. The van der Waals surface area contributed by atoms with Crippen molar-refractivity contribution in [1.82, 2.24) is 4.90 Å². The molecule has 2 fully saturated rings. The molecule has 0 bridgehead atoms. The van der Waals surface area contributed by atoms with Gasteiger partial charge in [-0.1, -0.05) is 26.0 Å². The Kier molecular flexibility index (Phi) is 4.88. The molecule has 0 spiro atoms. The molecule has 1 heterocycles. The molecule has 3 rings (SSSR count). The summed E-state index contributed by atoms with van der Waals surface area (Å²) in [5, 5.41) is 0. The van der Waals surface area contributed by atoms with Gasteiger partial charge in [0.15, 0.2) is 0 Å². The van der Waals surface area contributed by atoms with Crippen LogP contribution in [-0.2, 0) is 14.3 Å². The molecule has 3 unspecified atom stereocenters. The largest absolute Gasteiger partial charge is 0.378 e. The molecule has 1 aliphatic carbocycles. The first kappa shape index (κ1) is 18.3. The Labute approximate surface area is 148 Å². The number of carbonyl (C=O) groups excluding carboxylic acids is 1. The molecule has 2 N–H and O–H groups in total. The number of benzene rings is 1. The summed E-state index contributed by atoms with van der Waals surface area (Å²) in [4.78, 5) is 14.9. The molecule has 1 saturated heterocycles. The van der Waals surface area contributed by atoms with E-state index in [0.29, 0.717) is 32.7 Å². The number of hydrogen-bond acceptors (Lipinski definition) is 4. The van der Waals surface area contributed by atoms with E-state index in [1.54, 1.807) is 17.0 Å². The predicted octanol–water partition coefficient (Wildman–Crippen LogP) is 2.26. The van der Waals surface area contributed by atoms with Crippen molar-refractivity contribution in [3.63, 3.8) is 0 Å². The topological polar surface area (TPSA) is 64.8 Å². The smallest absolute Gasteiger partial charge is 0.243 e. The zero-order chi connectivity index (χ0) is 18.2. The Morgan fingerprint density at radius 3 is 2.68 bits per heavy atom. The number of amides is 1. The van der Waals surface area contributed by atoms with Crippen molar-refractivity contribution in [3.8, 4) is 0 Å². The van der Waals surface area contributed by atoms with Crippen LogP contribution in [0.25, 0.3) is 0 Å². The number of carbonyl (C=O) groups is 1. The van der Waals surface area contributed by atoms with E-state index in [4.69, 9.17) is 15.2 Å². The van der Waals surface area contributed by atoms with Crippen LogP contribution in [0.2, 0.25) is 0 Å². The highest BCUT2D eigenvalue weighted by Gasteiger charge is 2.63. The van der Waals surface area contributed by atoms with E-state index >= 15 is 0 Å². The second-order valence-corrected chi connectivity index (χ2v) is 7.50. The molecule has 25 heavy (non-hydrogen) atoms. The molecule has 1 aromatic carbocycles. The molecule has 3 atom stereocenters. The lowest BCUT2D eigenvalue weighted by molar-refractivity contribution is -0.184. The van der Waals surface area contributed by atoms with Crippen molar-refractivity contribution in [2.75, 3.05) is 26.3 Å². The average molecular weight is 350 g/mol. The Morgan fingerprint density at radius 1 is 1.40 bits per heavy atom. The third-order valence-corrected chi connectivity index (χ3v) is 5.81. The number of halogens is 1. The van der Waals surface area contributed by atoms with E-state index in [-0.39, 0.29) is 23.9 Å². The maximum Gasteiger partial charge on any atom is 0.243 e. The molecule has 2 aliphatic rings. The van der Waals surface area contributed by atoms with Gasteiger partial charge in [-0.05, 0) is 24.6 Å². The molecule has 0 aromatic heterocycles. The van der Waals surface area contributed by atoms with Gasteiger partial charge in [-0.2, -0.15) is 0 Å². The Hall–Kier alpha value is -1.50. The highest BCUT2D eigenvalue weighted by atomic mass is 19.1. The summed E-state index contributed by atoms with van der Waals surface area (Å²) in [6, 6.07) is 6.21. The highest BCUT2D eigenvalue weighted by Crippen LogP contribution is 2.50. The minimum absolute atomic E-state index is 0.000357. The van der Waals surface area contributed by atoms with Crippen molar-refractivity contribution in [3.05, 3.63) is 35.6 Å². The molecular weight excluding hydrogens is 323 g/mol. The van der Waals surface area contributed by atoms with Crippen LogP contribution in [0.15, 0.2) is 24.3 Å². The molecule has 138 valence electrons. The second-order valence-electron chi connectivity index (χ2n) is 7.50. The Morgan fingerprint density at radius 2 is 2.08 bits per heavy atom. The molecule has 6 heteroatoms. The van der Waals surface area contributed by atoms with Gasteiger partial charge in [0, 0.05) is 25.0 Å². The summed E-state index contributed by atoms with van der Waals surface area (Å²) in [5.41, 5.74) is 6.05. The quantitative estimate of drug-likeness (QED) is 0.905. The molecule has 1 amide bonds. The molecule has 1 saturated carbocycles. The number of ether oxygens (including phenoxy) is 2. The van der Waals surface area contributed by atoms with E-state index in [0.717, 1.165) is 5.56 Å². The van der Waals surface area contributed by atoms with Crippen molar-refractivity contribution in [1.29, 1.82) is 0 Å². The summed E-state index contributed by atoms with van der Waals surface area (Å²) < 4.78 is 24.6. The fourth-order valence-corrected chi connectivity index (χ4v) is 3.79. The van der Waals surface area contributed by atoms with Crippen molar-refractivity contribution >= 4 is 5.91 Å². The Balaban J connectivity index is 1.71. The predicted molar refractivity (Wildman–Crippen MR) is 92.4 cm³/mol. The van der Waals surface area contributed by atoms with Crippen LogP contribution in [-0.4, -0.2) is 48.8 Å². The number of rotatable bonds is 4. The van der Waals surface area contributed by atoms with Gasteiger partial charge >= 0.3 is 0 Å². The fraction of sp³-hybridized carbons (Fsp3) is 0.632. The Bertz CT molecular complexity index is 634. The monoisotopic (exact) mass is 350 g/mol. The van der Waals surface area contributed by atoms with E-state index in [1.165, 1.54) is 12.1 Å². The van der Waals surface area contributed by atoms with Gasteiger partial charge in [0.2, 0.25) is 5.91 Å².